The summed E-state index contributed by atoms with van der Waals surface area (Å²) in [6.07, 6.45) is 3.26. The number of aryl methyl sites for hydroxylation is 1. The fraction of sp³-hybridized carbons (Fsp3) is 0.214. The van der Waals surface area contributed by atoms with Crippen LogP contribution in [-0.4, -0.2) is 22.8 Å². The lowest BCUT2D eigenvalue weighted by Crippen LogP contribution is -2.25. The van der Waals surface area contributed by atoms with Crippen LogP contribution in [0, 0.1) is 6.92 Å². The van der Waals surface area contributed by atoms with E-state index in [1.54, 1.807) is 24.3 Å². The van der Waals surface area contributed by atoms with Crippen molar-refractivity contribution in [2.75, 3.05) is 5.32 Å². The number of fused-ring (bicyclic) bond motifs is 5. The molecule has 6 nitrogen and oxygen atoms in total. The highest BCUT2D eigenvalue weighted by molar-refractivity contribution is 6.09. The van der Waals surface area contributed by atoms with Crippen LogP contribution in [-0.2, 0) is 24.2 Å². The summed E-state index contributed by atoms with van der Waals surface area (Å²) in [5, 5.41) is 12.6. The standard InChI is InChI=1S/C42H38N2O4/c1-25-6-4-10-33-35-21-20-32-29(22-39(45)46)7-5-11-34(32)40(35)38(23-37(25)33)41(47)28-16-18-30(19-17-28)44-42(48)36-9-3-2-8-31(36)27-14-12-26(24-43)13-15-27/h2-4,6,8-10,12-21,29,38H,5,7,11,22-24,43H2,1H3,(H,44,48)(H,45,46). The number of rotatable bonds is 8. The monoisotopic (exact) mass is 634 g/mol. The number of carbonyl (C=O) groups excluding carboxylic acids is 2. The van der Waals surface area contributed by atoms with E-state index in [0.29, 0.717) is 29.8 Å². The predicted octanol–water partition coefficient (Wildman–Crippen LogP) is 8.46. The number of carboxylic acid groups (broad SMARTS) is 1. The number of Topliss-reactive ketones (excluding diaryl/α,β-unsaturated/α-hetero) is 1. The number of nitrogens with two attached hydrogens (primary N) is 1. The van der Waals surface area contributed by atoms with Crippen LogP contribution < -0.4 is 11.1 Å². The maximum absolute atomic E-state index is 14.4. The average Bonchev–Trinajstić information content (AvgIpc) is 3.11. The van der Waals surface area contributed by atoms with Crippen LogP contribution in [0.1, 0.15) is 85.2 Å². The van der Waals surface area contributed by atoms with Crippen molar-refractivity contribution in [3.8, 4) is 22.3 Å². The third-order valence-electron chi connectivity index (χ3n) is 10.1. The highest BCUT2D eigenvalue weighted by atomic mass is 16.4. The molecular weight excluding hydrogens is 596 g/mol. The molecule has 0 aromatic heterocycles. The Labute approximate surface area is 280 Å². The Morgan fingerprint density at radius 1 is 0.812 bits per heavy atom. The van der Waals surface area contributed by atoms with E-state index in [9.17, 15) is 19.5 Å². The second kappa shape index (κ2) is 13.1. The molecule has 5 aromatic carbocycles. The van der Waals surface area contributed by atoms with Crippen LogP contribution >= 0.6 is 0 Å². The second-order valence-corrected chi connectivity index (χ2v) is 13.0. The summed E-state index contributed by atoms with van der Waals surface area (Å²) in [4.78, 5) is 39.6. The van der Waals surface area contributed by atoms with Crippen molar-refractivity contribution in [2.45, 2.75) is 57.4 Å². The molecule has 240 valence electrons. The minimum Gasteiger partial charge on any atom is -0.481 e. The molecule has 0 spiro atoms. The number of carbonyl (C=O) groups is 3. The number of benzene rings is 5. The van der Waals surface area contributed by atoms with Gasteiger partial charge in [0.1, 0.15) is 0 Å². The van der Waals surface area contributed by atoms with E-state index in [-0.39, 0.29) is 29.9 Å². The van der Waals surface area contributed by atoms with Gasteiger partial charge in [0.05, 0.1) is 12.3 Å². The van der Waals surface area contributed by atoms with E-state index in [2.05, 4.69) is 42.6 Å². The molecule has 2 unspecified atom stereocenters. The normalized spacial score (nSPS) is 16.3. The number of anilines is 1. The third-order valence-corrected chi connectivity index (χ3v) is 10.1. The Kier molecular flexibility index (Phi) is 8.50. The number of hydrogen-bond acceptors (Lipinski definition) is 4. The second-order valence-electron chi connectivity index (χ2n) is 13.0. The van der Waals surface area contributed by atoms with E-state index in [1.807, 2.05) is 48.5 Å². The minimum atomic E-state index is -0.795. The van der Waals surface area contributed by atoms with Crippen molar-refractivity contribution < 1.29 is 19.5 Å². The molecule has 2 aliphatic rings. The summed E-state index contributed by atoms with van der Waals surface area (Å²) in [5.41, 5.74) is 18.1. The van der Waals surface area contributed by atoms with Crippen molar-refractivity contribution in [3.05, 3.63) is 148 Å². The van der Waals surface area contributed by atoms with Crippen molar-refractivity contribution in [1.82, 2.24) is 0 Å². The quantitative estimate of drug-likeness (QED) is 0.148. The van der Waals surface area contributed by atoms with Crippen LogP contribution in [0.4, 0.5) is 5.69 Å². The molecule has 0 saturated heterocycles. The van der Waals surface area contributed by atoms with Gasteiger partial charge >= 0.3 is 5.97 Å². The number of amides is 1. The molecule has 0 bridgehead atoms. The lowest BCUT2D eigenvalue weighted by Gasteiger charge is -2.35. The van der Waals surface area contributed by atoms with Gasteiger partial charge in [0.2, 0.25) is 0 Å². The molecule has 6 heteroatoms. The van der Waals surface area contributed by atoms with E-state index >= 15 is 0 Å². The molecule has 1 amide bonds. The van der Waals surface area contributed by atoms with Gasteiger partial charge in [0.15, 0.2) is 5.78 Å². The first-order valence-corrected chi connectivity index (χ1v) is 16.6. The van der Waals surface area contributed by atoms with E-state index in [4.69, 9.17) is 5.73 Å². The molecule has 2 aliphatic carbocycles. The van der Waals surface area contributed by atoms with Gasteiger partial charge in [-0.1, -0.05) is 72.8 Å². The first kappa shape index (κ1) is 31.3. The largest absolute Gasteiger partial charge is 0.481 e. The van der Waals surface area contributed by atoms with Crippen molar-refractivity contribution in [3.63, 3.8) is 0 Å². The first-order valence-electron chi connectivity index (χ1n) is 16.6. The Morgan fingerprint density at radius 2 is 1.56 bits per heavy atom. The van der Waals surface area contributed by atoms with Gasteiger partial charge in [0, 0.05) is 23.4 Å². The lowest BCUT2D eigenvalue weighted by molar-refractivity contribution is -0.137. The zero-order chi connectivity index (χ0) is 33.4. The number of carboxylic acids is 1. The molecule has 0 radical (unpaired) electrons. The van der Waals surface area contributed by atoms with Gasteiger partial charge in [0.25, 0.3) is 5.91 Å². The summed E-state index contributed by atoms with van der Waals surface area (Å²) in [6.45, 7) is 2.55. The Bertz CT molecular complexity index is 2050. The van der Waals surface area contributed by atoms with Crippen LogP contribution in [0.5, 0.6) is 0 Å². The van der Waals surface area contributed by atoms with Crippen LogP contribution in [0.2, 0.25) is 0 Å². The smallest absolute Gasteiger partial charge is 0.303 e. The molecule has 2 atom stereocenters. The summed E-state index contributed by atoms with van der Waals surface area (Å²) >= 11 is 0. The summed E-state index contributed by atoms with van der Waals surface area (Å²) in [7, 11) is 0. The van der Waals surface area contributed by atoms with Crippen molar-refractivity contribution in [1.29, 1.82) is 0 Å². The average molecular weight is 635 g/mol. The molecule has 0 aliphatic heterocycles. The van der Waals surface area contributed by atoms with Gasteiger partial charge in [-0.15, -0.1) is 0 Å². The van der Waals surface area contributed by atoms with Gasteiger partial charge < -0.3 is 16.2 Å². The minimum absolute atomic E-state index is 0.0306. The first-order chi connectivity index (χ1) is 23.3. The van der Waals surface area contributed by atoms with Gasteiger partial charge in [-0.2, -0.15) is 0 Å². The zero-order valence-corrected chi connectivity index (χ0v) is 27.0. The summed E-state index contributed by atoms with van der Waals surface area (Å²) in [6, 6.07) is 33.0. The highest BCUT2D eigenvalue weighted by Gasteiger charge is 2.36. The molecule has 4 N–H and O–H groups in total. The summed E-state index contributed by atoms with van der Waals surface area (Å²) in [5.74, 6) is -1.43. The van der Waals surface area contributed by atoms with Crippen molar-refractivity contribution >= 4 is 23.3 Å². The number of aliphatic carboxylic acids is 1. The van der Waals surface area contributed by atoms with Gasteiger partial charge in [-0.25, -0.2) is 0 Å². The Morgan fingerprint density at radius 3 is 2.31 bits per heavy atom. The molecule has 7 rings (SSSR count). The van der Waals surface area contributed by atoms with E-state index in [1.165, 1.54) is 5.56 Å². The SMILES string of the molecule is Cc1cccc2c1CC(C(=O)c1ccc(NC(=O)c3ccccc3-c3ccc(CN)cc3)cc1)c1c-2ccc2c1CCCC2CC(=O)O. The molecule has 0 heterocycles. The van der Waals surface area contributed by atoms with Crippen LogP contribution in [0.15, 0.2) is 103 Å². The third kappa shape index (κ3) is 5.84. The number of ketones is 1. The lowest BCUT2D eigenvalue weighted by atomic mass is 9.68. The fourth-order valence-electron chi connectivity index (χ4n) is 7.71. The van der Waals surface area contributed by atoms with Gasteiger partial charge in [-0.3, -0.25) is 14.4 Å². The molecule has 0 fully saturated rings. The van der Waals surface area contributed by atoms with Crippen LogP contribution in [0.25, 0.3) is 22.3 Å². The molecular formula is C42H38N2O4. The molecule has 0 saturated carbocycles. The maximum atomic E-state index is 14.4. The van der Waals surface area contributed by atoms with E-state index in [0.717, 1.165) is 69.3 Å². The number of nitrogens with one attached hydrogen (secondary N) is 1. The van der Waals surface area contributed by atoms with E-state index < -0.39 is 5.97 Å². The molecule has 5 aromatic rings. The summed E-state index contributed by atoms with van der Waals surface area (Å²) < 4.78 is 0. The highest BCUT2D eigenvalue weighted by Crippen LogP contribution is 2.48. The predicted molar refractivity (Wildman–Crippen MR) is 189 cm³/mol. The Hall–Kier alpha value is -5.33. The molecule has 48 heavy (non-hydrogen) atoms. The topological polar surface area (TPSA) is 109 Å². The van der Waals surface area contributed by atoms with Gasteiger partial charge in [-0.05, 0) is 124 Å². The number of hydrogen-bond donors (Lipinski definition) is 3. The maximum Gasteiger partial charge on any atom is 0.303 e. The zero-order valence-electron chi connectivity index (χ0n) is 27.0. The van der Waals surface area contributed by atoms with Crippen molar-refractivity contribution in [2.24, 2.45) is 5.73 Å². The van der Waals surface area contributed by atoms with Crippen LogP contribution in [0.3, 0.4) is 0 Å². The fourth-order valence-corrected chi connectivity index (χ4v) is 7.71. The Balaban J connectivity index is 1.18.